The zero-order valence-electron chi connectivity index (χ0n) is 3.60. The fraction of sp³-hybridized carbons (Fsp3) is 0. The molecule has 0 amide bonds. The summed E-state index contributed by atoms with van der Waals surface area (Å²) in [7, 11) is 0. The summed E-state index contributed by atoms with van der Waals surface area (Å²) >= 11 is 0.574. The van der Waals surface area contributed by atoms with Crippen LogP contribution in [-0.4, -0.2) is 51.4 Å². The molecule has 0 aliphatic rings. The van der Waals surface area contributed by atoms with Crippen LogP contribution in [0.2, 0.25) is 0 Å². The van der Waals surface area contributed by atoms with E-state index in [1.54, 1.807) is 10.8 Å². The minimum absolute atomic E-state index is 0. The van der Waals surface area contributed by atoms with E-state index >= 15 is 0 Å². The minimum Gasteiger partial charge on any atom is -0.184 e. The predicted molar refractivity (Wildman–Crippen MR) is 24.6 cm³/mol. The molecule has 0 saturated carbocycles. The Bertz CT molecular complexity index is 80.8. The summed E-state index contributed by atoms with van der Waals surface area (Å²) in [5, 5.41) is 18.3. The smallest absolute Gasteiger partial charge is 0.149 e. The Morgan fingerprint density at radius 3 is 1.43 bits per heavy atom. The van der Waals surface area contributed by atoms with Gasteiger partial charge in [-0.05, 0) is 0 Å². The third-order valence-corrected chi connectivity index (χ3v) is 0.274. The summed E-state index contributed by atoms with van der Waals surface area (Å²) in [5.41, 5.74) is 0. The molecule has 0 heterocycles. The molecule has 0 saturated heterocycles. The third-order valence-electron chi connectivity index (χ3n) is 0.0913. The Balaban J connectivity index is -0.0000000800. The van der Waals surface area contributed by atoms with Crippen molar-refractivity contribution in [1.82, 2.24) is 0 Å². The molecule has 0 N–H and O–H groups in total. The molecule has 0 spiro atoms. The first-order valence-corrected chi connectivity index (χ1v) is 1.67. The van der Waals surface area contributed by atoms with E-state index in [0.717, 1.165) is 0 Å². The van der Waals surface area contributed by atoms with E-state index in [-0.39, 0.29) is 73.8 Å². The molecule has 0 bridgehead atoms. The Hall–Kier alpha value is 1.71. The second-order valence-corrected chi connectivity index (χ2v) is 0.854. The van der Waals surface area contributed by atoms with Gasteiger partial charge in [-0.1, -0.05) is 0 Å². The average Bonchev–Trinajstić information content (AvgIpc) is 1.41. The molecule has 0 unspecified atom stereocenters. The van der Waals surface area contributed by atoms with E-state index in [2.05, 4.69) is 0 Å². The van der Waals surface area contributed by atoms with Crippen molar-refractivity contribution >= 4 is 63.1 Å². The summed E-state index contributed by atoms with van der Waals surface area (Å²) in [6, 6.07) is 0. The van der Waals surface area contributed by atoms with Crippen LogP contribution in [0.15, 0.2) is 0 Å². The topological polar surface area (TPSA) is 47.6 Å². The Kier molecular flexibility index (Phi) is 35.5. The summed E-state index contributed by atoms with van der Waals surface area (Å²) in [6.45, 7) is 0. The summed E-state index contributed by atoms with van der Waals surface area (Å²) < 4.78 is 0. The second-order valence-electron chi connectivity index (χ2n) is 0.285. The normalized spacial score (nSPS) is 3.14. The van der Waals surface area contributed by atoms with E-state index in [0.29, 0.717) is 11.8 Å². The average molecular weight is 320 g/mol. The van der Waals surface area contributed by atoms with Crippen molar-refractivity contribution in [3.63, 3.8) is 0 Å². The predicted octanol–water partition coefficient (Wildman–Crippen LogP) is 0.298. The van der Waals surface area contributed by atoms with Crippen LogP contribution in [0, 0.1) is 21.3 Å². The molecule has 2 nitrogen and oxygen atoms in total. The van der Waals surface area contributed by atoms with E-state index < -0.39 is 0 Å². The molecular formula is C2AuKN2S. The zero-order valence-corrected chi connectivity index (χ0v) is 9.71. The summed E-state index contributed by atoms with van der Waals surface area (Å²) in [4.78, 5) is 0. The first kappa shape index (κ1) is 15.9. The minimum atomic E-state index is 0. The van der Waals surface area contributed by atoms with Crippen molar-refractivity contribution in [2.24, 2.45) is 0 Å². The van der Waals surface area contributed by atoms with Crippen molar-refractivity contribution in [3.8, 4) is 10.8 Å². The van der Waals surface area contributed by atoms with Gasteiger partial charge in [0.2, 0.25) is 0 Å². The fourth-order valence-electron chi connectivity index (χ4n) is 0.0204. The van der Waals surface area contributed by atoms with Crippen LogP contribution in [0.1, 0.15) is 0 Å². The monoisotopic (exact) mass is 320 g/mol. The number of nitriles is 2. The molecule has 0 aliphatic carbocycles. The Morgan fingerprint density at radius 1 is 1.14 bits per heavy atom. The largest absolute Gasteiger partial charge is 0.184 e. The van der Waals surface area contributed by atoms with Crippen LogP contribution >= 0.6 is 11.8 Å². The van der Waals surface area contributed by atoms with E-state index in [1.165, 1.54) is 0 Å². The van der Waals surface area contributed by atoms with Crippen molar-refractivity contribution in [3.05, 3.63) is 0 Å². The molecule has 36 valence electrons. The van der Waals surface area contributed by atoms with E-state index in [4.69, 9.17) is 10.5 Å². The van der Waals surface area contributed by atoms with Crippen LogP contribution in [0.25, 0.3) is 0 Å². The van der Waals surface area contributed by atoms with Gasteiger partial charge in [-0.3, -0.25) is 0 Å². The first-order valence-electron chi connectivity index (χ1n) is 0.855. The molecule has 5 heteroatoms. The Morgan fingerprint density at radius 2 is 1.43 bits per heavy atom. The van der Waals surface area contributed by atoms with Gasteiger partial charge in [0.1, 0.15) is 10.8 Å². The number of nitrogens with zero attached hydrogens (tertiary/aromatic N) is 2. The molecule has 0 aromatic rings. The van der Waals surface area contributed by atoms with Crippen LogP contribution in [0.4, 0.5) is 0 Å². The molecule has 2 radical (unpaired) electrons. The SMILES string of the molecule is N#CSC#N.[Au].[K]. The molecule has 7 heavy (non-hydrogen) atoms. The van der Waals surface area contributed by atoms with Crippen molar-refractivity contribution in [2.75, 3.05) is 0 Å². The molecule has 0 fully saturated rings. The maximum absolute atomic E-state index is 7.56. The molecular weight excluding hydrogens is 320 g/mol. The van der Waals surface area contributed by atoms with Crippen molar-refractivity contribution < 1.29 is 22.4 Å². The van der Waals surface area contributed by atoms with Crippen LogP contribution in [0.5, 0.6) is 0 Å². The number of thioether (sulfide) groups is 1. The van der Waals surface area contributed by atoms with Crippen molar-refractivity contribution in [2.45, 2.75) is 0 Å². The van der Waals surface area contributed by atoms with Crippen molar-refractivity contribution in [1.29, 1.82) is 10.5 Å². The van der Waals surface area contributed by atoms with E-state index in [1.807, 2.05) is 0 Å². The van der Waals surface area contributed by atoms with Gasteiger partial charge in [0.15, 0.2) is 0 Å². The standard InChI is InChI=1S/C2N2S.Au.K/c3-1-5-2-4;;. The van der Waals surface area contributed by atoms with Gasteiger partial charge in [-0.25, -0.2) is 0 Å². The van der Waals surface area contributed by atoms with Gasteiger partial charge < -0.3 is 0 Å². The summed E-state index contributed by atoms with van der Waals surface area (Å²) in [5.74, 6) is 0. The molecule has 0 aromatic heterocycles. The third kappa shape index (κ3) is 18.3. The van der Waals surface area contributed by atoms with Crippen LogP contribution in [-0.2, 0) is 22.4 Å². The molecule has 0 aromatic carbocycles. The first-order chi connectivity index (χ1) is 2.41. The Labute approximate surface area is 105 Å². The van der Waals surface area contributed by atoms with Crippen LogP contribution < -0.4 is 0 Å². The molecule has 0 aliphatic heterocycles. The molecule has 0 atom stereocenters. The maximum Gasteiger partial charge on any atom is 0.149 e. The molecule has 0 rings (SSSR count). The second kappa shape index (κ2) is 15.6. The van der Waals surface area contributed by atoms with Gasteiger partial charge in [0.05, 0.1) is 11.8 Å². The summed E-state index contributed by atoms with van der Waals surface area (Å²) in [6.07, 6.45) is 0. The van der Waals surface area contributed by atoms with E-state index in [9.17, 15) is 0 Å². The fourth-order valence-corrected chi connectivity index (χ4v) is 0.0612. The number of hydrogen-bond acceptors (Lipinski definition) is 3. The number of rotatable bonds is 0. The zero-order chi connectivity index (χ0) is 4.12. The van der Waals surface area contributed by atoms with Gasteiger partial charge in [-0.2, -0.15) is 10.5 Å². The van der Waals surface area contributed by atoms with Gasteiger partial charge >= 0.3 is 0 Å². The quantitative estimate of drug-likeness (QED) is 0.476. The number of thiocyanates is 2. The van der Waals surface area contributed by atoms with Gasteiger partial charge in [-0.15, -0.1) is 0 Å². The maximum atomic E-state index is 7.56. The number of hydrogen-bond donors (Lipinski definition) is 0. The van der Waals surface area contributed by atoms with Gasteiger partial charge in [0.25, 0.3) is 0 Å². The van der Waals surface area contributed by atoms with Crippen LogP contribution in [0.3, 0.4) is 0 Å². The van der Waals surface area contributed by atoms with Gasteiger partial charge in [0, 0.05) is 73.8 Å².